The number of rotatable bonds is 4. The zero-order valence-electron chi connectivity index (χ0n) is 16.0. The first kappa shape index (κ1) is 22.6. The second-order valence-corrected chi connectivity index (χ2v) is 6.51. The van der Waals surface area contributed by atoms with Crippen LogP contribution in [0.4, 0.5) is 0 Å². The first-order valence-electron chi connectivity index (χ1n) is 8.67. The molecule has 3 heteroatoms. The van der Waals surface area contributed by atoms with Crippen LogP contribution in [-0.4, -0.2) is 12.7 Å². The van der Waals surface area contributed by atoms with E-state index in [9.17, 15) is 4.79 Å². The fourth-order valence-corrected chi connectivity index (χ4v) is 2.28. The predicted molar refractivity (Wildman–Crippen MR) is 106 cm³/mol. The molecule has 1 atom stereocenters. The Bertz CT molecular complexity index is 598. The Morgan fingerprint density at radius 3 is 1.72 bits per heavy atom. The molecule has 0 saturated heterocycles. The molecule has 0 bridgehead atoms. The standard InChI is InChI=1S/C19H22O.C2H6.CH3NO/c1-19(2,3)18(14-20)13-15-9-11-17(12-10-15)16-7-5-4-6-8-16;1-2;2-1-3/h4-12,14,18H,13H2,1-3H3;1-2H3;1H,(H2,2,3). The van der Waals surface area contributed by atoms with Crippen LogP contribution in [0.25, 0.3) is 11.1 Å². The van der Waals surface area contributed by atoms with E-state index in [4.69, 9.17) is 4.79 Å². The Morgan fingerprint density at radius 1 is 0.880 bits per heavy atom. The van der Waals surface area contributed by atoms with E-state index in [0.29, 0.717) is 0 Å². The maximum atomic E-state index is 11.2. The van der Waals surface area contributed by atoms with Gasteiger partial charge in [0.05, 0.1) is 0 Å². The number of aldehydes is 1. The van der Waals surface area contributed by atoms with Gasteiger partial charge in [0.1, 0.15) is 6.29 Å². The molecule has 2 rings (SSSR count). The second-order valence-electron chi connectivity index (χ2n) is 6.51. The van der Waals surface area contributed by atoms with Gasteiger partial charge in [-0.05, 0) is 28.5 Å². The van der Waals surface area contributed by atoms with Crippen LogP contribution in [0, 0.1) is 11.3 Å². The van der Waals surface area contributed by atoms with Gasteiger partial charge < -0.3 is 10.5 Å². The molecule has 0 aliphatic carbocycles. The van der Waals surface area contributed by atoms with Crippen molar-refractivity contribution < 1.29 is 9.59 Å². The molecule has 0 aliphatic heterocycles. The minimum atomic E-state index is 0.0137. The van der Waals surface area contributed by atoms with E-state index >= 15 is 0 Å². The Kier molecular flexibility index (Phi) is 10.9. The molecule has 2 aromatic rings. The third-order valence-corrected chi connectivity index (χ3v) is 3.79. The van der Waals surface area contributed by atoms with E-state index < -0.39 is 0 Å². The van der Waals surface area contributed by atoms with Gasteiger partial charge >= 0.3 is 0 Å². The monoisotopic (exact) mass is 341 g/mol. The number of hydrogen-bond acceptors (Lipinski definition) is 2. The topological polar surface area (TPSA) is 60.2 Å². The van der Waals surface area contributed by atoms with Crippen molar-refractivity contribution >= 4 is 12.7 Å². The Morgan fingerprint density at radius 2 is 1.32 bits per heavy atom. The first-order valence-corrected chi connectivity index (χ1v) is 8.67. The summed E-state index contributed by atoms with van der Waals surface area (Å²) in [6, 6.07) is 18.9. The molecular formula is C22H31NO2. The highest BCUT2D eigenvalue weighted by atomic mass is 16.1. The summed E-state index contributed by atoms with van der Waals surface area (Å²) < 4.78 is 0. The normalized spacial score (nSPS) is 11.1. The van der Waals surface area contributed by atoms with Gasteiger partial charge in [0.15, 0.2) is 0 Å². The smallest absolute Gasteiger partial charge is 0.204 e. The molecule has 2 N–H and O–H groups in total. The summed E-state index contributed by atoms with van der Waals surface area (Å²) in [4.78, 5) is 19.8. The maximum Gasteiger partial charge on any atom is 0.204 e. The van der Waals surface area contributed by atoms with Crippen molar-refractivity contribution in [3.05, 3.63) is 60.2 Å². The highest BCUT2D eigenvalue weighted by molar-refractivity contribution is 5.63. The summed E-state index contributed by atoms with van der Waals surface area (Å²) in [6.45, 7) is 10.3. The summed E-state index contributed by atoms with van der Waals surface area (Å²) in [6.07, 6.45) is 2.15. The quantitative estimate of drug-likeness (QED) is 0.805. The lowest BCUT2D eigenvalue weighted by atomic mass is 9.78. The summed E-state index contributed by atoms with van der Waals surface area (Å²) >= 11 is 0. The summed E-state index contributed by atoms with van der Waals surface area (Å²) in [5.41, 5.74) is 7.84. The average molecular weight is 341 g/mol. The van der Waals surface area contributed by atoms with E-state index in [1.54, 1.807) is 0 Å². The molecular weight excluding hydrogens is 310 g/mol. The number of hydrogen-bond donors (Lipinski definition) is 1. The molecule has 0 heterocycles. The molecule has 0 spiro atoms. The summed E-state index contributed by atoms with van der Waals surface area (Å²) in [7, 11) is 0. The van der Waals surface area contributed by atoms with Crippen LogP contribution in [0.3, 0.4) is 0 Å². The van der Waals surface area contributed by atoms with Crippen molar-refractivity contribution in [2.45, 2.75) is 41.0 Å². The summed E-state index contributed by atoms with van der Waals surface area (Å²) in [5, 5.41) is 0. The van der Waals surface area contributed by atoms with Crippen molar-refractivity contribution in [1.29, 1.82) is 0 Å². The predicted octanol–water partition coefficient (Wildman–Crippen LogP) is 4.89. The van der Waals surface area contributed by atoms with E-state index in [1.807, 2.05) is 32.0 Å². The molecule has 25 heavy (non-hydrogen) atoms. The molecule has 0 aromatic heterocycles. The SMILES string of the molecule is CC.CC(C)(C)C(C=O)Cc1ccc(-c2ccccc2)cc1.NC=O. The average Bonchev–Trinajstić information content (AvgIpc) is 2.62. The van der Waals surface area contributed by atoms with Gasteiger partial charge in [-0.25, -0.2) is 0 Å². The Hall–Kier alpha value is -2.42. The molecule has 0 fully saturated rings. The van der Waals surface area contributed by atoms with Gasteiger partial charge in [0, 0.05) is 5.92 Å². The van der Waals surface area contributed by atoms with Crippen LogP contribution < -0.4 is 5.73 Å². The minimum Gasteiger partial charge on any atom is -0.372 e. The van der Waals surface area contributed by atoms with E-state index in [0.717, 1.165) is 12.7 Å². The largest absolute Gasteiger partial charge is 0.372 e. The number of carbonyl (C=O) groups excluding carboxylic acids is 2. The molecule has 1 unspecified atom stereocenters. The molecule has 3 nitrogen and oxygen atoms in total. The highest BCUT2D eigenvalue weighted by Crippen LogP contribution is 2.28. The fraction of sp³-hybridized carbons (Fsp3) is 0.364. The second kappa shape index (κ2) is 12.0. The van der Waals surface area contributed by atoms with Crippen LogP contribution in [0.2, 0.25) is 0 Å². The van der Waals surface area contributed by atoms with Gasteiger partial charge in [-0.3, -0.25) is 4.79 Å². The van der Waals surface area contributed by atoms with Gasteiger partial charge in [0.2, 0.25) is 6.41 Å². The zero-order valence-corrected chi connectivity index (χ0v) is 16.0. The van der Waals surface area contributed by atoms with Crippen molar-refractivity contribution in [2.24, 2.45) is 17.1 Å². The van der Waals surface area contributed by atoms with E-state index in [-0.39, 0.29) is 17.7 Å². The third-order valence-electron chi connectivity index (χ3n) is 3.79. The lowest BCUT2D eigenvalue weighted by molar-refractivity contribution is -0.113. The van der Waals surface area contributed by atoms with Crippen LogP contribution in [0.5, 0.6) is 0 Å². The van der Waals surface area contributed by atoms with Crippen LogP contribution in [-0.2, 0) is 16.0 Å². The number of carbonyl (C=O) groups is 2. The lowest BCUT2D eigenvalue weighted by Gasteiger charge is -2.26. The molecule has 0 radical (unpaired) electrons. The molecule has 136 valence electrons. The number of benzene rings is 2. The van der Waals surface area contributed by atoms with Crippen molar-refractivity contribution in [2.75, 3.05) is 0 Å². The molecule has 0 aliphatic rings. The van der Waals surface area contributed by atoms with Crippen molar-refractivity contribution in [1.82, 2.24) is 0 Å². The minimum absolute atomic E-state index is 0.0137. The van der Waals surface area contributed by atoms with Gasteiger partial charge in [-0.1, -0.05) is 89.2 Å². The van der Waals surface area contributed by atoms with Gasteiger partial charge in [-0.15, -0.1) is 0 Å². The van der Waals surface area contributed by atoms with Crippen LogP contribution >= 0.6 is 0 Å². The first-order chi connectivity index (χ1) is 11.9. The number of amides is 1. The summed E-state index contributed by atoms with van der Waals surface area (Å²) in [5.74, 6) is 0.0603. The van der Waals surface area contributed by atoms with Crippen LogP contribution in [0.1, 0.15) is 40.2 Å². The highest BCUT2D eigenvalue weighted by Gasteiger charge is 2.24. The maximum absolute atomic E-state index is 11.2. The Labute approximate surface area is 152 Å². The zero-order chi connectivity index (χ0) is 19.3. The third kappa shape index (κ3) is 8.30. The van der Waals surface area contributed by atoms with E-state index in [2.05, 4.69) is 62.9 Å². The fourth-order valence-electron chi connectivity index (χ4n) is 2.28. The van der Waals surface area contributed by atoms with Gasteiger partial charge in [-0.2, -0.15) is 0 Å². The lowest BCUT2D eigenvalue weighted by Crippen LogP contribution is -2.23. The number of nitrogens with two attached hydrogens (primary N) is 1. The van der Waals surface area contributed by atoms with Gasteiger partial charge in [0.25, 0.3) is 0 Å². The Balaban J connectivity index is 0.00000104. The molecule has 2 aromatic carbocycles. The van der Waals surface area contributed by atoms with Crippen molar-refractivity contribution in [3.63, 3.8) is 0 Å². The van der Waals surface area contributed by atoms with Crippen LogP contribution in [0.15, 0.2) is 54.6 Å². The van der Waals surface area contributed by atoms with Crippen molar-refractivity contribution in [3.8, 4) is 11.1 Å². The molecule has 0 saturated carbocycles. The molecule has 1 amide bonds. The number of primary amides is 1. The van der Waals surface area contributed by atoms with E-state index in [1.165, 1.54) is 16.7 Å².